The first-order valence-corrected chi connectivity index (χ1v) is 5.77. The Hall–Kier alpha value is -2.50. The molecule has 2 aromatic rings. The highest BCUT2D eigenvalue weighted by Gasteiger charge is 2.10. The van der Waals surface area contributed by atoms with Crippen LogP contribution >= 0.6 is 0 Å². The van der Waals surface area contributed by atoms with E-state index < -0.39 is 5.97 Å². The van der Waals surface area contributed by atoms with E-state index >= 15 is 0 Å². The lowest BCUT2D eigenvalue weighted by Crippen LogP contribution is -2.05. The summed E-state index contributed by atoms with van der Waals surface area (Å²) in [7, 11) is 0. The molecule has 0 aliphatic rings. The van der Waals surface area contributed by atoms with Crippen molar-refractivity contribution in [2.45, 2.75) is 20.4 Å². The Balaban J connectivity index is 2.14. The van der Waals surface area contributed by atoms with Crippen molar-refractivity contribution >= 4 is 17.3 Å². The van der Waals surface area contributed by atoms with Crippen LogP contribution in [0.25, 0.3) is 0 Å². The number of rotatable bonds is 4. The van der Waals surface area contributed by atoms with E-state index in [0.29, 0.717) is 17.9 Å². The molecule has 0 spiro atoms. The third kappa shape index (κ3) is 2.67. The lowest BCUT2D eigenvalue weighted by Gasteiger charge is -2.09. The van der Waals surface area contributed by atoms with E-state index in [1.54, 1.807) is 6.07 Å². The molecule has 6 nitrogen and oxygen atoms in total. The highest BCUT2D eigenvalue weighted by Crippen LogP contribution is 2.22. The molecule has 0 bridgehead atoms. The molecule has 1 heterocycles. The van der Waals surface area contributed by atoms with Crippen molar-refractivity contribution in [1.82, 2.24) is 5.16 Å². The molecule has 4 N–H and O–H groups in total. The van der Waals surface area contributed by atoms with Gasteiger partial charge >= 0.3 is 5.97 Å². The van der Waals surface area contributed by atoms with Crippen LogP contribution in [0.3, 0.4) is 0 Å². The predicted molar refractivity (Wildman–Crippen MR) is 71.1 cm³/mol. The minimum absolute atomic E-state index is 0.167. The van der Waals surface area contributed by atoms with E-state index in [1.165, 1.54) is 12.1 Å². The number of nitrogens with one attached hydrogen (secondary N) is 1. The van der Waals surface area contributed by atoms with Gasteiger partial charge in [-0.2, -0.15) is 0 Å². The second-order valence-electron chi connectivity index (χ2n) is 4.26. The van der Waals surface area contributed by atoms with Crippen molar-refractivity contribution in [1.29, 1.82) is 0 Å². The Labute approximate surface area is 110 Å². The van der Waals surface area contributed by atoms with E-state index in [9.17, 15) is 4.79 Å². The molecule has 100 valence electrons. The topological polar surface area (TPSA) is 101 Å². The molecule has 2 rings (SSSR count). The summed E-state index contributed by atoms with van der Waals surface area (Å²) in [5.74, 6) is -0.241. The van der Waals surface area contributed by atoms with Gasteiger partial charge in [0.2, 0.25) is 0 Å². The highest BCUT2D eigenvalue weighted by molar-refractivity contribution is 5.90. The molecule has 0 fully saturated rings. The minimum atomic E-state index is -0.996. The van der Waals surface area contributed by atoms with Gasteiger partial charge in [-0.25, -0.2) is 4.79 Å². The normalized spacial score (nSPS) is 10.4. The molecule has 0 saturated heterocycles. The zero-order chi connectivity index (χ0) is 14.0. The Morgan fingerprint density at radius 2 is 2.21 bits per heavy atom. The summed E-state index contributed by atoms with van der Waals surface area (Å²) < 4.78 is 5.07. The molecule has 1 aromatic heterocycles. The van der Waals surface area contributed by atoms with Crippen LogP contribution in [0.5, 0.6) is 0 Å². The summed E-state index contributed by atoms with van der Waals surface area (Å²) in [4.78, 5) is 10.8. The monoisotopic (exact) mass is 261 g/mol. The highest BCUT2D eigenvalue weighted by atomic mass is 16.5. The second kappa shape index (κ2) is 5.01. The van der Waals surface area contributed by atoms with E-state index in [-0.39, 0.29) is 5.56 Å². The Kier molecular flexibility index (Phi) is 3.41. The average molecular weight is 261 g/mol. The average Bonchev–Trinajstić information content (AvgIpc) is 2.68. The van der Waals surface area contributed by atoms with Crippen LogP contribution in [0.2, 0.25) is 0 Å². The number of anilines is 2. The van der Waals surface area contributed by atoms with Gasteiger partial charge < -0.3 is 20.7 Å². The maximum atomic E-state index is 10.8. The Morgan fingerprint density at radius 3 is 2.74 bits per heavy atom. The quantitative estimate of drug-likeness (QED) is 0.729. The van der Waals surface area contributed by atoms with Crippen molar-refractivity contribution in [2.75, 3.05) is 11.1 Å². The summed E-state index contributed by atoms with van der Waals surface area (Å²) in [6.45, 7) is 4.23. The van der Waals surface area contributed by atoms with Crippen LogP contribution in [0.15, 0.2) is 22.7 Å². The SMILES string of the molecule is Cc1noc(C)c1CNc1ccc(C(=O)O)cc1N. The van der Waals surface area contributed by atoms with Crippen LogP contribution in [0.4, 0.5) is 11.4 Å². The number of carboxylic acids is 1. The zero-order valence-corrected chi connectivity index (χ0v) is 10.7. The van der Waals surface area contributed by atoms with Gasteiger partial charge in [0.15, 0.2) is 0 Å². The number of aromatic nitrogens is 1. The smallest absolute Gasteiger partial charge is 0.335 e. The summed E-state index contributed by atoms with van der Waals surface area (Å²) in [6.07, 6.45) is 0. The zero-order valence-electron chi connectivity index (χ0n) is 10.7. The first-order chi connectivity index (χ1) is 8.99. The molecule has 0 aliphatic carbocycles. The fourth-order valence-electron chi connectivity index (χ4n) is 1.79. The van der Waals surface area contributed by atoms with E-state index in [2.05, 4.69) is 10.5 Å². The van der Waals surface area contributed by atoms with Crippen molar-refractivity contribution < 1.29 is 14.4 Å². The molecule has 0 saturated carbocycles. The number of benzene rings is 1. The van der Waals surface area contributed by atoms with E-state index in [4.69, 9.17) is 15.4 Å². The first kappa shape index (κ1) is 12.9. The van der Waals surface area contributed by atoms with Gasteiger partial charge in [0.25, 0.3) is 0 Å². The maximum absolute atomic E-state index is 10.8. The van der Waals surface area contributed by atoms with Crippen molar-refractivity contribution in [3.8, 4) is 0 Å². The van der Waals surface area contributed by atoms with Gasteiger partial charge in [-0.15, -0.1) is 0 Å². The van der Waals surface area contributed by atoms with Crippen molar-refractivity contribution in [2.24, 2.45) is 0 Å². The van der Waals surface area contributed by atoms with Gasteiger partial charge in [-0.05, 0) is 32.0 Å². The summed E-state index contributed by atoms with van der Waals surface area (Å²) in [5.41, 5.74) is 8.86. The third-order valence-electron chi connectivity index (χ3n) is 2.94. The van der Waals surface area contributed by atoms with Gasteiger partial charge in [-0.1, -0.05) is 5.16 Å². The number of hydrogen-bond acceptors (Lipinski definition) is 5. The van der Waals surface area contributed by atoms with Crippen molar-refractivity contribution in [3.05, 3.63) is 40.8 Å². The molecular weight excluding hydrogens is 246 g/mol. The first-order valence-electron chi connectivity index (χ1n) is 5.77. The van der Waals surface area contributed by atoms with E-state index in [1.807, 2.05) is 13.8 Å². The summed E-state index contributed by atoms with van der Waals surface area (Å²) in [6, 6.07) is 4.59. The predicted octanol–water partition coefficient (Wildman–Crippen LogP) is 2.18. The molecule has 0 radical (unpaired) electrons. The maximum Gasteiger partial charge on any atom is 0.335 e. The number of nitrogen functional groups attached to an aromatic ring is 1. The number of hydrogen-bond donors (Lipinski definition) is 3. The van der Waals surface area contributed by atoms with Gasteiger partial charge in [0.1, 0.15) is 5.76 Å². The molecule has 6 heteroatoms. The van der Waals surface area contributed by atoms with Crippen molar-refractivity contribution in [3.63, 3.8) is 0 Å². The lowest BCUT2D eigenvalue weighted by atomic mass is 10.1. The summed E-state index contributed by atoms with van der Waals surface area (Å²) >= 11 is 0. The number of carbonyl (C=O) groups is 1. The molecule has 0 aliphatic heterocycles. The Bertz CT molecular complexity index is 600. The fourth-order valence-corrected chi connectivity index (χ4v) is 1.79. The molecule has 1 aromatic carbocycles. The summed E-state index contributed by atoms with van der Waals surface area (Å²) in [5, 5.41) is 15.9. The fraction of sp³-hybridized carbons (Fsp3) is 0.231. The standard InChI is InChI=1S/C13H15N3O3/c1-7-10(8(2)19-16-7)6-15-12-4-3-9(13(17)18)5-11(12)14/h3-5,15H,6,14H2,1-2H3,(H,17,18). The lowest BCUT2D eigenvalue weighted by molar-refractivity contribution is 0.0697. The van der Waals surface area contributed by atoms with Crippen LogP contribution < -0.4 is 11.1 Å². The minimum Gasteiger partial charge on any atom is -0.478 e. The van der Waals surface area contributed by atoms with Gasteiger partial charge in [0, 0.05) is 12.1 Å². The number of aromatic carboxylic acids is 1. The number of nitrogens with zero attached hydrogens (tertiary/aromatic N) is 1. The number of carboxylic acid groups (broad SMARTS) is 1. The van der Waals surface area contributed by atoms with Crippen LogP contribution in [0, 0.1) is 13.8 Å². The van der Waals surface area contributed by atoms with Crippen LogP contribution in [0.1, 0.15) is 27.4 Å². The molecule has 19 heavy (non-hydrogen) atoms. The third-order valence-corrected chi connectivity index (χ3v) is 2.94. The Morgan fingerprint density at radius 1 is 1.47 bits per heavy atom. The molecular formula is C13H15N3O3. The van der Waals surface area contributed by atoms with Gasteiger partial charge in [-0.3, -0.25) is 0 Å². The van der Waals surface area contributed by atoms with Gasteiger partial charge in [0.05, 0.1) is 22.6 Å². The number of aryl methyl sites for hydroxylation is 2. The molecule has 0 atom stereocenters. The second-order valence-corrected chi connectivity index (χ2v) is 4.26. The van der Waals surface area contributed by atoms with Crippen LogP contribution in [-0.2, 0) is 6.54 Å². The molecule has 0 unspecified atom stereocenters. The number of nitrogens with two attached hydrogens (primary N) is 1. The van der Waals surface area contributed by atoms with Crippen LogP contribution in [-0.4, -0.2) is 16.2 Å². The molecule has 0 amide bonds. The van der Waals surface area contributed by atoms with E-state index in [0.717, 1.165) is 17.0 Å². The largest absolute Gasteiger partial charge is 0.478 e.